The number of allylic oxidation sites excluding steroid dienone is 3. The van der Waals surface area contributed by atoms with Crippen LogP contribution in [-0.2, 0) is 14.3 Å². The second kappa shape index (κ2) is 8.44. The number of hydrogen-bond donors (Lipinski definition) is 2. The number of ether oxygens (including phenoxy) is 1. The van der Waals surface area contributed by atoms with Crippen LogP contribution in [0.3, 0.4) is 0 Å². The molecule has 4 fully saturated rings. The van der Waals surface area contributed by atoms with Crippen LogP contribution in [0.4, 0.5) is 4.79 Å². The van der Waals surface area contributed by atoms with Crippen LogP contribution in [0.1, 0.15) is 92.9 Å². The summed E-state index contributed by atoms with van der Waals surface area (Å²) in [6.07, 6.45) is 8.32. The minimum Gasteiger partial charge on any atom is -0.515 e. The van der Waals surface area contributed by atoms with Crippen molar-refractivity contribution in [2.45, 2.75) is 98.4 Å². The highest BCUT2D eigenvalue weighted by molar-refractivity contribution is 6.03. The number of nitrogens with one attached hydrogen (secondary N) is 1. The molecule has 0 aromatic heterocycles. The van der Waals surface area contributed by atoms with E-state index in [1.807, 2.05) is 6.08 Å². The molecule has 0 spiro atoms. The molecule has 0 saturated heterocycles. The lowest BCUT2D eigenvalue weighted by molar-refractivity contribution is -0.162. The number of ketones is 2. The van der Waals surface area contributed by atoms with E-state index in [4.69, 9.17) is 4.74 Å². The Balaban J connectivity index is 1.66. The summed E-state index contributed by atoms with van der Waals surface area (Å²) in [5.74, 6) is -0.716. The van der Waals surface area contributed by atoms with Gasteiger partial charge in [-0.1, -0.05) is 40.2 Å². The Bertz CT molecular complexity index is 1240. The average molecular weight is 537 g/mol. The Kier molecular flexibility index (Phi) is 6.05. The molecule has 8 atom stereocenters. The number of aliphatic hydroxyl groups excluding tert-OH is 1. The van der Waals surface area contributed by atoms with Crippen LogP contribution in [0, 0.1) is 56.2 Å². The second-order valence-corrected chi connectivity index (χ2v) is 14.9. The van der Waals surface area contributed by atoms with Gasteiger partial charge in [0, 0.05) is 17.0 Å². The largest absolute Gasteiger partial charge is 0.515 e. The number of rotatable bonds is 1. The Morgan fingerprint density at radius 2 is 1.77 bits per heavy atom. The molecule has 5 aliphatic carbocycles. The van der Waals surface area contributed by atoms with E-state index in [-0.39, 0.29) is 51.1 Å². The normalized spacial score (nSPS) is 47.5. The zero-order chi connectivity index (χ0) is 28.8. The Labute approximate surface area is 232 Å². The topological polar surface area (TPSA) is 116 Å². The summed E-state index contributed by atoms with van der Waals surface area (Å²) in [4.78, 5) is 40.3. The summed E-state index contributed by atoms with van der Waals surface area (Å²) in [7, 11) is 1.39. The molecule has 0 aromatic carbocycles. The molecule has 1 amide bonds. The van der Waals surface area contributed by atoms with Gasteiger partial charge in [-0.25, -0.2) is 4.79 Å². The van der Waals surface area contributed by atoms with Gasteiger partial charge >= 0.3 is 6.09 Å². The summed E-state index contributed by atoms with van der Waals surface area (Å²) in [5, 5.41) is 23.5. The molecule has 2 N–H and O–H groups in total. The van der Waals surface area contributed by atoms with Gasteiger partial charge in [-0.15, -0.1) is 0 Å². The van der Waals surface area contributed by atoms with Crippen molar-refractivity contribution in [2.75, 3.05) is 7.11 Å². The Hall–Kier alpha value is -2.62. The van der Waals surface area contributed by atoms with Gasteiger partial charge in [0.15, 0.2) is 11.6 Å². The SMILES string of the molecule is COC(=O)N[C@]12CCC(C)(C)C[C@H]1[C@H]1C(=O)C=C3[C@@]4(C)C/C(=C/O)C(=O)[C@@](C)(C#N)C4CC[C@@]3(C)[C@]1(C)CC2. The number of Topliss-reactive ketones (excluding diaryl/α,β-unsaturated/α-hetero) is 1. The van der Waals surface area contributed by atoms with Crippen LogP contribution in [-0.4, -0.2) is 35.4 Å². The van der Waals surface area contributed by atoms with Gasteiger partial charge in [0.05, 0.1) is 19.4 Å². The predicted octanol–water partition coefficient (Wildman–Crippen LogP) is 6.20. The highest BCUT2D eigenvalue weighted by Crippen LogP contribution is 2.74. The number of methoxy groups -OCH3 is 1. The first kappa shape index (κ1) is 27.9. The van der Waals surface area contributed by atoms with E-state index in [1.54, 1.807) is 6.92 Å². The third-order valence-electron chi connectivity index (χ3n) is 12.6. The fourth-order valence-electron chi connectivity index (χ4n) is 10.3. The molecular formula is C32H44N2O5. The number of aliphatic hydroxyl groups is 1. The maximum absolute atomic E-state index is 14.4. The molecule has 5 rings (SSSR count). The molecule has 0 heterocycles. The van der Waals surface area contributed by atoms with Crippen LogP contribution in [0.5, 0.6) is 0 Å². The van der Waals surface area contributed by atoms with E-state index in [0.717, 1.165) is 50.4 Å². The molecule has 0 bridgehead atoms. The minimum atomic E-state index is -1.26. The number of alkyl carbamates (subject to hydrolysis) is 1. The summed E-state index contributed by atoms with van der Waals surface area (Å²) in [6, 6.07) is 2.31. The van der Waals surface area contributed by atoms with Crippen molar-refractivity contribution >= 4 is 17.7 Å². The van der Waals surface area contributed by atoms with Crippen LogP contribution in [0.25, 0.3) is 0 Å². The summed E-state index contributed by atoms with van der Waals surface area (Å²) >= 11 is 0. The zero-order valence-electron chi connectivity index (χ0n) is 24.6. The van der Waals surface area contributed by atoms with Crippen molar-refractivity contribution in [3.05, 3.63) is 23.5 Å². The van der Waals surface area contributed by atoms with Gasteiger partial charge in [0.2, 0.25) is 0 Å². The van der Waals surface area contributed by atoms with Crippen molar-refractivity contribution < 1.29 is 24.2 Å². The Morgan fingerprint density at radius 1 is 1.10 bits per heavy atom. The van der Waals surface area contributed by atoms with Gasteiger partial charge < -0.3 is 15.2 Å². The smallest absolute Gasteiger partial charge is 0.407 e. The maximum Gasteiger partial charge on any atom is 0.407 e. The number of fused-ring (bicyclic) bond motifs is 7. The third kappa shape index (κ3) is 3.48. The first-order valence-electron chi connectivity index (χ1n) is 14.5. The molecule has 1 unspecified atom stereocenters. The third-order valence-corrected chi connectivity index (χ3v) is 12.6. The van der Waals surface area contributed by atoms with Crippen LogP contribution >= 0.6 is 0 Å². The number of nitriles is 1. The number of amides is 1. The van der Waals surface area contributed by atoms with Gasteiger partial charge in [-0.3, -0.25) is 9.59 Å². The van der Waals surface area contributed by atoms with Crippen LogP contribution in [0.15, 0.2) is 23.5 Å². The molecular weight excluding hydrogens is 492 g/mol. The van der Waals surface area contributed by atoms with E-state index < -0.39 is 22.5 Å². The van der Waals surface area contributed by atoms with Crippen molar-refractivity contribution in [1.82, 2.24) is 5.32 Å². The number of hydrogen-bond acceptors (Lipinski definition) is 6. The van der Waals surface area contributed by atoms with Crippen molar-refractivity contribution in [2.24, 2.45) is 44.8 Å². The average Bonchev–Trinajstić information content (AvgIpc) is 2.88. The summed E-state index contributed by atoms with van der Waals surface area (Å²) in [5.41, 5.74) is -1.67. The highest BCUT2D eigenvalue weighted by atomic mass is 16.5. The fraction of sp³-hybridized carbons (Fsp3) is 0.750. The first-order valence-corrected chi connectivity index (χ1v) is 14.5. The van der Waals surface area contributed by atoms with Gasteiger partial charge in [0.1, 0.15) is 5.41 Å². The number of carbonyl (C=O) groups excluding carboxylic acids is 3. The molecule has 212 valence electrons. The van der Waals surface area contributed by atoms with E-state index in [9.17, 15) is 24.8 Å². The first-order chi connectivity index (χ1) is 18.1. The quantitative estimate of drug-likeness (QED) is 0.304. The molecule has 0 aliphatic heterocycles. The van der Waals surface area contributed by atoms with Crippen molar-refractivity contribution in [3.63, 3.8) is 0 Å². The van der Waals surface area contributed by atoms with Crippen molar-refractivity contribution in [1.29, 1.82) is 5.26 Å². The Morgan fingerprint density at radius 3 is 2.38 bits per heavy atom. The lowest BCUT2D eigenvalue weighted by atomic mass is 9.34. The minimum absolute atomic E-state index is 0.0167. The van der Waals surface area contributed by atoms with E-state index >= 15 is 0 Å². The fourth-order valence-corrected chi connectivity index (χ4v) is 10.3. The maximum atomic E-state index is 14.4. The molecule has 4 saturated carbocycles. The molecule has 0 radical (unpaired) electrons. The van der Waals surface area contributed by atoms with E-state index in [1.165, 1.54) is 7.11 Å². The van der Waals surface area contributed by atoms with Crippen LogP contribution < -0.4 is 5.32 Å². The number of carbonyl (C=O) groups is 3. The zero-order valence-corrected chi connectivity index (χ0v) is 24.6. The highest BCUT2D eigenvalue weighted by Gasteiger charge is 2.71. The molecule has 5 aliphatic rings. The number of nitrogens with zero attached hydrogens (tertiary/aromatic N) is 1. The van der Waals surface area contributed by atoms with E-state index in [0.29, 0.717) is 12.8 Å². The lowest BCUT2D eigenvalue weighted by Gasteiger charge is -2.69. The van der Waals surface area contributed by atoms with Crippen molar-refractivity contribution in [3.8, 4) is 6.07 Å². The predicted molar refractivity (Wildman–Crippen MR) is 146 cm³/mol. The molecule has 39 heavy (non-hydrogen) atoms. The molecule has 0 aromatic rings. The lowest BCUT2D eigenvalue weighted by Crippen LogP contribution is -2.70. The van der Waals surface area contributed by atoms with E-state index in [2.05, 4.69) is 46.0 Å². The summed E-state index contributed by atoms with van der Waals surface area (Å²) in [6.45, 7) is 12.9. The van der Waals surface area contributed by atoms with Gasteiger partial charge in [0.25, 0.3) is 0 Å². The molecule has 7 heteroatoms. The summed E-state index contributed by atoms with van der Waals surface area (Å²) < 4.78 is 5.05. The monoisotopic (exact) mass is 536 g/mol. The van der Waals surface area contributed by atoms with Gasteiger partial charge in [-0.2, -0.15) is 5.26 Å². The second-order valence-electron chi connectivity index (χ2n) is 14.9. The molecule has 7 nitrogen and oxygen atoms in total. The van der Waals surface area contributed by atoms with Crippen LogP contribution in [0.2, 0.25) is 0 Å². The van der Waals surface area contributed by atoms with Gasteiger partial charge in [-0.05, 0) is 97.9 Å². The standard InChI is InChI=1S/C32H44N2O5/c1-27(2)10-12-32(34-26(38)39-7)13-11-31(6)24(20(32)16-27)21(36)14-23-28(3)15-19(17-35)25(37)29(4,18-33)22(28)8-9-30(23,31)5/h14,17,20,22,24,35H,8-13,15-16H2,1-7H3,(H,34,38)/b19-17-/t20-,22?,24-,28-,29-,30+,31+,32-/m0/s1.